The Morgan fingerprint density at radius 3 is 2.31 bits per heavy atom. The molecule has 0 radical (unpaired) electrons. The molecule has 16 heavy (non-hydrogen) atoms. The van der Waals surface area contributed by atoms with Crippen molar-refractivity contribution in [3.05, 3.63) is 0 Å². The number of nitrogens with one attached hydrogen (secondary N) is 1. The first-order chi connectivity index (χ1) is 7.62. The topological polar surface area (TPSA) is 29.1 Å². The van der Waals surface area contributed by atoms with Crippen LogP contribution in [0.5, 0.6) is 0 Å². The molecule has 2 atom stereocenters. The van der Waals surface area contributed by atoms with Crippen LogP contribution in [0.15, 0.2) is 0 Å². The Hall–Kier alpha value is -1.25. The molecule has 2 fully saturated rings. The highest BCUT2D eigenvalue weighted by Gasteiger charge is 2.61. The van der Waals surface area contributed by atoms with Gasteiger partial charge in [0.05, 0.1) is 5.54 Å². The summed E-state index contributed by atoms with van der Waals surface area (Å²) in [6, 6.07) is 0. The summed E-state index contributed by atoms with van der Waals surface area (Å²) in [4.78, 5) is 11.2. The van der Waals surface area contributed by atoms with Gasteiger partial charge in [0.1, 0.15) is 5.78 Å². The Kier molecular flexibility index (Phi) is 4.16. The number of rotatable bonds is 3. The number of Topliss-reactive ketones (excluding diaryl/α,β-unsaturated/α-hetero) is 1. The van der Waals surface area contributed by atoms with Gasteiger partial charge in [0.2, 0.25) is 0 Å². The summed E-state index contributed by atoms with van der Waals surface area (Å²) < 4.78 is 0. The fraction of sp³-hybridized carbons (Fsp3) is 0.643. The zero-order valence-electron chi connectivity index (χ0n) is 10.3. The zero-order valence-corrected chi connectivity index (χ0v) is 10.3. The summed E-state index contributed by atoms with van der Waals surface area (Å²) in [5, 5.41) is 3.17. The summed E-state index contributed by atoms with van der Waals surface area (Å²) in [5.74, 6) is 8.95. The molecule has 2 heteroatoms. The van der Waals surface area contributed by atoms with Crippen LogP contribution in [0.1, 0.15) is 33.1 Å². The number of hydrogen-bond acceptors (Lipinski definition) is 2. The molecule has 0 bridgehead atoms. The average molecular weight is 217 g/mol. The van der Waals surface area contributed by atoms with Crippen LogP contribution in [0.3, 0.4) is 0 Å². The molecule has 2 saturated carbocycles. The van der Waals surface area contributed by atoms with Gasteiger partial charge in [0.15, 0.2) is 0 Å². The van der Waals surface area contributed by atoms with E-state index in [1.165, 1.54) is 12.8 Å². The van der Waals surface area contributed by atoms with Crippen molar-refractivity contribution in [2.24, 2.45) is 11.8 Å². The molecule has 0 aliphatic heterocycles. The smallest absolute Gasteiger partial charge is 0.150 e. The van der Waals surface area contributed by atoms with E-state index >= 15 is 0 Å². The lowest BCUT2D eigenvalue weighted by Gasteiger charge is -2.11. The average Bonchev–Trinajstić information content (AvgIpc) is 3.13. The van der Waals surface area contributed by atoms with Crippen molar-refractivity contribution < 1.29 is 4.79 Å². The van der Waals surface area contributed by atoms with Gasteiger partial charge in [0, 0.05) is 0 Å². The highest BCUT2D eigenvalue weighted by atomic mass is 16.1. The molecule has 0 aromatic rings. The molecule has 0 aromatic heterocycles. The van der Waals surface area contributed by atoms with Gasteiger partial charge in [-0.05, 0) is 63.8 Å². The quantitative estimate of drug-likeness (QED) is 0.728. The van der Waals surface area contributed by atoms with Crippen LogP contribution in [-0.2, 0) is 4.79 Å². The maximum absolute atomic E-state index is 11.2. The molecular weight excluding hydrogens is 198 g/mol. The molecule has 2 aliphatic rings. The first-order valence-electron chi connectivity index (χ1n) is 5.69. The van der Waals surface area contributed by atoms with Gasteiger partial charge in [-0.3, -0.25) is 4.79 Å². The maximum Gasteiger partial charge on any atom is 0.150 e. The van der Waals surface area contributed by atoms with Crippen LogP contribution in [0.25, 0.3) is 0 Å². The van der Waals surface area contributed by atoms with Gasteiger partial charge in [-0.2, -0.15) is 0 Å². The van der Waals surface area contributed by atoms with E-state index < -0.39 is 0 Å². The third kappa shape index (κ3) is 2.65. The zero-order chi connectivity index (χ0) is 12.2. The van der Waals surface area contributed by atoms with E-state index in [1.807, 2.05) is 7.05 Å². The van der Waals surface area contributed by atoms with Gasteiger partial charge in [-0.1, -0.05) is 5.92 Å². The van der Waals surface area contributed by atoms with E-state index in [2.05, 4.69) is 23.1 Å². The molecular formula is C14H19NO. The monoisotopic (exact) mass is 217 g/mol. The van der Waals surface area contributed by atoms with Crippen molar-refractivity contribution in [2.75, 3.05) is 7.05 Å². The third-order valence-electron chi connectivity index (χ3n) is 3.48. The van der Waals surface area contributed by atoms with E-state index in [9.17, 15) is 4.79 Å². The van der Waals surface area contributed by atoms with Gasteiger partial charge < -0.3 is 5.32 Å². The Bertz CT molecular complexity index is 364. The van der Waals surface area contributed by atoms with Crippen molar-refractivity contribution in [1.82, 2.24) is 5.32 Å². The molecule has 2 nitrogen and oxygen atoms in total. The number of likely N-dealkylation sites (N-methyl/N-ethyl adjacent to an activating group) is 1. The highest BCUT2D eigenvalue weighted by Crippen LogP contribution is 2.57. The van der Waals surface area contributed by atoms with Crippen LogP contribution in [0.2, 0.25) is 0 Å². The Morgan fingerprint density at radius 1 is 1.50 bits per heavy atom. The van der Waals surface area contributed by atoms with Crippen LogP contribution < -0.4 is 5.32 Å². The summed E-state index contributed by atoms with van der Waals surface area (Å²) >= 11 is 0. The Balaban J connectivity index is 0.000000221. The van der Waals surface area contributed by atoms with Gasteiger partial charge >= 0.3 is 0 Å². The summed E-state index contributed by atoms with van der Waals surface area (Å²) in [6.07, 6.45) is 8.50. The van der Waals surface area contributed by atoms with Crippen molar-refractivity contribution in [2.45, 2.75) is 38.6 Å². The number of terminal acetylenes is 1. The molecule has 0 saturated heterocycles. The third-order valence-corrected chi connectivity index (χ3v) is 3.48. The van der Waals surface area contributed by atoms with Gasteiger partial charge in [0.25, 0.3) is 0 Å². The highest BCUT2D eigenvalue weighted by molar-refractivity contribution is 5.90. The maximum atomic E-state index is 11.2. The van der Waals surface area contributed by atoms with E-state index in [0.717, 1.165) is 12.3 Å². The van der Waals surface area contributed by atoms with Crippen LogP contribution >= 0.6 is 0 Å². The van der Waals surface area contributed by atoms with Crippen LogP contribution in [0.4, 0.5) is 0 Å². The van der Waals surface area contributed by atoms with E-state index in [1.54, 1.807) is 13.8 Å². The lowest BCUT2D eigenvalue weighted by Crippen LogP contribution is -2.37. The molecule has 86 valence electrons. The molecule has 0 amide bonds. The van der Waals surface area contributed by atoms with Gasteiger partial charge in [-0.25, -0.2) is 0 Å². The molecule has 0 unspecified atom stereocenters. The summed E-state index contributed by atoms with van der Waals surface area (Å²) in [6.45, 7) is 3.42. The predicted octanol–water partition coefficient (Wildman–Crippen LogP) is 1.61. The lowest BCUT2D eigenvalue weighted by molar-refractivity contribution is -0.120. The van der Waals surface area contributed by atoms with Crippen molar-refractivity contribution in [1.29, 1.82) is 0 Å². The standard InChI is InChI=1S/C9H15NO.C5H4/c1-6(11)9(10-2)5-8(9)7-3-4-7;1-3-5-4-2/h7-8,10H,3-5H2,1-2H3;1H,2H3/t8-,9-;/m0./s1. The fourth-order valence-electron chi connectivity index (χ4n) is 2.30. The number of carbonyl (C=O) groups is 1. The predicted molar refractivity (Wildman–Crippen MR) is 65.6 cm³/mol. The summed E-state index contributed by atoms with van der Waals surface area (Å²) in [7, 11) is 1.91. The molecule has 0 heterocycles. The first-order valence-corrected chi connectivity index (χ1v) is 5.69. The second kappa shape index (κ2) is 5.19. The Morgan fingerprint density at radius 2 is 2.12 bits per heavy atom. The molecule has 2 rings (SSSR count). The van der Waals surface area contributed by atoms with E-state index in [4.69, 9.17) is 6.42 Å². The minimum atomic E-state index is -0.0961. The molecule has 1 N–H and O–H groups in total. The minimum absolute atomic E-state index is 0.0961. The lowest BCUT2D eigenvalue weighted by atomic mass is 10.1. The second-order valence-electron chi connectivity index (χ2n) is 4.44. The SMILES string of the molecule is C#CC#CC.CN[C@]1(C(C)=O)C[C@H]1C1CC1. The largest absolute Gasteiger partial charge is 0.308 e. The van der Waals surface area contributed by atoms with Gasteiger partial charge in [-0.15, -0.1) is 6.42 Å². The van der Waals surface area contributed by atoms with E-state index in [0.29, 0.717) is 11.7 Å². The Labute approximate surface area is 98.2 Å². The minimum Gasteiger partial charge on any atom is -0.308 e. The van der Waals surface area contributed by atoms with Crippen LogP contribution in [-0.4, -0.2) is 18.4 Å². The fourth-order valence-corrected chi connectivity index (χ4v) is 2.30. The number of carbonyl (C=O) groups excluding carboxylic acids is 1. The second-order valence-corrected chi connectivity index (χ2v) is 4.44. The molecule has 0 spiro atoms. The normalized spacial score (nSPS) is 30.0. The molecule has 0 aromatic carbocycles. The van der Waals surface area contributed by atoms with Crippen LogP contribution in [0, 0.1) is 36.0 Å². The van der Waals surface area contributed by atoms with E-state index in [-0.39, 0.29) is 5.54 Å². The van der Waals surface area contributed by atoms with Crippen molar-refractivity contribution in [3.8, 4) is 24.2 Å². The number of ketones is 1. The molecule has 2 aliphatic carbocycles. The summed E-state index contributed by atoms with van der Waals surface area (Å²) in [5.41, 5.74) is -0.0961. The van der Waals surface area contributed by atoms with Crippen molar-refractivity contribution >= 4 is 5.78 Å². The first kappa shape index (κ1) is 12.8. The van der Waals surface area contributed by atoms with Crippen molar-refractivity contribution in [3.63, 3.8) is 0 Å². The number of hydrogen-bond donors (Lipinski definition) is 1.